The Hall–Kier alpha value is -7.14. The lowest BCUT2D eigenvalue weighted by Crippen LogP contribution is -2.63. The molecule has 3 saturated heterocycles. The van der Waals surface area contributed by atoms with E-state index in [1.165, 1.54) is 111 Å². The van der Waals surface area contributed by atoms with Crippen LogP contribution in [-0.2, 0) is 48.4 Å². The van der Waals surface area contributed by atoms with E-state index in [-0.39, 0.29) is 75.2 Å². The number of nitro groups is 3. The van der Waals surface area contributed by atoms with Crippen LogP contribution < -0.4 is 0 Å². The first-order valence-electron chi connectivity index (χ1n) is 20.9. The van der Waals surface area contributed by atoms with Gasteiger partial charge in [0.1, 0.15) is 31.6 Å². The first-order valence-corrected chi connectivity index (χ1v) is 21.8. The van der Waals surface area contributed by atoms with Gasteiger partial charge in [-0.15, -0.1) is 11.8 Å². The molecule has 7 atom stereocenters. The Morgan fingerprint density at radius 2 is 1.20 bits per heavy atom. The third-order valence-electron chi connectivity index (χ3n) is 12.1. The fraction of sp³-hybridized carbons (Fsp3) is 0.419. The summed E-state index contributed by atoms with van der Waals surface area (Å²) in [7, 11) is 0. The number of carbonyl (C=O) groups is 5. The van der Waals surface area contributed by atoms with E-state index in [0.717, 1.165) is 0 Å². The van der Waals surface area contributed by atoms with Crippen molar-refractivity contribution in [3.8, 4) is 0 Å². The summed E-state index contributed by atoms with van der Waals surface area (Å²) in [5.41, 5.74) is 1.00. The first kappa shape index (κ1) is 46.8. The van der Waals surface area contributed by atoms with Crippen LogP contribution in [0.1, 0.15) is 43.9 Å². The van der Waals surface area contributed by atoms with Gasteiger partial charge in [0.15, 0.2) is 0 Å². The van der Waals surface area contributed by atoms with Gasteiger partial charge >= 0.3 is 18.2 Å². The molecule has 23 heteroatoms. The van der Waals surface area contributed by atoms with Gasteiger partial charge in [0.25, 0.3) is 17.1 Å². The van der Waals surface area contributed by atoms with E-state index in [1.807, 2.05) is 6.92 Å². The molecule has 3 aromatic carbocycles. The number of β-lactam (4-membered cyclic amide) rings is 1. The molecule has 22 nitrogen and oxygen atoms in total. The lowest BCUT2D eigenvalue weighted by Gasteiger charge is -2.46. The van der Waals surface area contributed by atoms with Crippen molar-refractivity contribution in [1.29, 1.82) is 0 Å². The highest BCUT2D eigenvalue weighted by atomic mass is 32.2. The predicted octanol–water partition coefficient (Wildman–Crippen LogP) is 4.91. The van der Waals surface area contributed by atoms with Crippen molar-refractivity contribution in [3.63, 3.8) is 0 Å². The zero-order valence-corrected chi connectivity index (χ0v) is 36.6. The summed E-state index contributed by atoms with van der Waals surface area (Å²) in [6.07, 6.45) is -2.44. The monoisotopic (exact) mass is 931 g/mol. The quantitative estimate of drug-likeness (QED) is 0.0739. The number of esters is 1. The van der Waals surface area contributed by atoms with E-state index in [1.54, 1.807) is 6.92 Å². The van der Waals surface area contributed by atoms with Crippen LogP contribution in [0.3, 0.4) is 0 Å². The van der Waals surface area contributed by atoms with Crippen molar-refractivity contribution in [2.45, 2.75) is 76.5 Å². The van der Waals surface area contributed by atoms with Gasteiger partial charge in [-0.1, -0.05) is 6.92 Å². The maximum atomic E-state index is 14.5. The van der Waals surface area contributed by atoms with E-state index in [0.29, 0.717) is 21.6 Å². The number of nitro benzene ring substituents is 3. The molecule has 3 fully saturated rings. The van der Waals surface area contributed by atoms with Crippen LogP contribution in [0.15, 0.2) is 83.4 Å². The summed E-state index contributed by atoms with van der Waals surface area (Å²) in [6.45, 7) is 4.58. The Morgan fingerprint density at radius 3 is 1.65 bits per heavy atom. The molecule has 4 aliphatic heterocycles. The van der Waals surface area contributed by atoms with Gasteiger partial charge in [-0.05, 0) is 73.4 Å². The normalized spacial score (nSPS) is 22.9. The number of hydrogen-bond acceptors (Lipinski definition) is 16. The summed E-state index contributed by atoms with van der Waals surface area (Å²) in [5.74, 6) is -3.02. The average molecular weight is 932 g/mol. The van der Waals surface area contributed by atoms with Gasteiger partial charge in [0, 0.05) is 84.7 Å². The minimum atomic E-state index is -1.07. The van der Waals surface area contributed by atoms with Gasteiger partial charge < -0.3 is 34.0 Å². The molecule has 66 heavy (non-hydrogen) atoms. The Morgan fingerprint density at radius 1 is 0.727 bits per heavy atom. The molecule has 7 rings (SSSR count). The highest BCUT2D eigenvalue weighted by molar-refractivity contribution is 8.03. The Labute approximate surface area is 380 Å². The Bertz CT molecular complexity index is 2450. The van der Waals surface area contributed by atoms with E-state index in [4.69, 9.17) is 14.2 Å². The van der Waals surface area contributed by atoms with Gasteiger partial charge in [-0.2, -0.15) is 0 Å². The number of fused-ring (bicyclic) bond motifs is 1. The van der Waals surface area contributed by atoms with Crippen molar-refractivity contribution in [2.24, 2.45) is 11.8 Å². The van der Waals surface area contributed by atoms with Crippen molar-refractivity contribution in [2.75, 3.05) is 26.2 Å². The maximum Gasteiger partial charge on any atom is 0.410 e. The summed E-state index contributed by atoms with van der Waals surface area (Å²) < 4.78 is 16.8. The molecule has 4 amide bonds. The number of carbonyl (C=O) groups excluding carboxylic acids is 5. The highest BCUT2D eigenvalue weighted by Gasteiger charge is 2.61. The second-order valence-electron chi connectivity index (χ2n) is 16.4. The van der Waals surface area contributed by atoms with Gasteiger partial charge in [0.2, 0.25) is 11.8 Å². The lowest BCUT2D eigenvalue weighted by atomic mass is 9.79. The summed E-state index contributed by atoms with van der Waals surface area (Å²) in [4.78, 5) is 107. The van der Waals surface area contributed by atoms with Crippen molar-refractivity contribution in [3.05, 3.63) is 130 Å². The van der Waals surface area contributed by atoms with Crippen molar-refractivity contribution >= 4 is 58.8 Å². The van der Waals surface area contributed by atoms with Crippen LogP contribution in [-0.4, -0.2) is 125 Å². The number of aliphatic hydroxyl groups is 1. The molecule has 0 aliphatic carbocycles. The number of likely N-dealkylation sites (tertiary alicyclic amines) is 1. The number of thioether (sulfide) groups is 1. The number of amides is 4. The van der Waals surface area contributed by atoms with Crippen molar-refractivity contribution < 1.29 is 58.1 Å². The lowest BCUT2D eigenvalue weighted by molar-refractivity contribution is -0.385. The Balaban J connectivity index is 1.08. The Kier molecular flexibility index (Phi) is 13.9. The number of hydrogen-bond donors (Lipinski definition) is 1. The molecule has 1 N–H and O–H groups in total. The largest absolute Gasteiger partial charge is 0.456 e. The van der Waals surface area contributed by atoms with Crippen LogP contribution >= 0.6 is 11.8 Å². The minimum absolute atomic E-state index is 0.0335. The number of non-ortho nitro benzene ring substituents is 3. The van der Waals surface area contributed by atoms with E-state index in [9.17, 15) is 59.4 Å². The first-order chi connectivity index (χ1) is 31.4. The fourth-order valence-electron chi connectivity index (χ4n) is 8.62. The molecule has 4 aliphatic rings. The van der Waals surface area contributed by atoms with Crippen LogP contribution in [0.25, 0.3) is 0 Å². The van der Waals surface area contributed by atoms with Gasteiger partial charge in [-0.3, -0.25) is 44.8 Å². The van der Waals surface area contributed by atoms with Crippen molar-refractivity contribution in [1.82, 2.24) is 19.6 Å². The molecule has 0 aromatic heterocycles. The molecular weight excluding hydrogens is 887 g/mol. The average Bonchev–Trinajstić information content (AvgIpc) is 3.82. The maximum absolute atomic E-state index is 14.5. The van der Waals surface area contributed by atoms with E-state index >= 15 is 0 Å². The van der Waals surface area contributed by atoms with Gasteiger partial charge in [0.05, 0.1) is 32.8 Å². The molecule has 0 spiro atoms. The van der Waals surface area contributed by atoms with Gasteiger partial charge in [-0.25, -0.2) is 14.4 Å². The van der Waals surface area contributed by atoms with Crippen LogP contribution in [0, 0.1) is 42.2 Å². The number of benzene rings is 3. The zero-order valence-electron chi connectivity index (χ0n) is 35.8. The molecule has 0 radical (unpaired) electrons. The fourth-order valence-corrected chi connectivity index (χ4v) is 10.1. The van der Waals surface area contributed by atoms with E-state index < -0.39 is 86.1 Å². The third-order valence-corrected chi connectivity index (χ3v) is 13.6. The number of nitrogens with zero attached hydrogens (tertiary/aromatic N) is 7. The number of piperazine rings is 1. The predicted molar refractivity (Wildman–Crippen MR) is 231 cm³/mol. The summed E-state index contributed by atoms with van der Waals surface area (Å²) >= 11 is 1.21. The number of rotatable bonds is 14. The molecule has 348 valence electrons. The molecule has 0 bridgehead atoms. The molecule has 0 saturated carbocycles. The van der Waals surface area contributed by atoms with Crippen LogP contribution in [0.5, 0.6) is 0 Å². The topological polar surface area (TPSA) is 276 Å². The highest BCUT2D eigenvalue weighted by Crippen LogP contribution is 2.52. The number of ether oxygens (including phenoxy) is 3. The SMILES string of the molecule is CC1CN(C(=O)[C@@H]2C[C@H](SC3=C(C(=O)OCc4ccc([N+](=O)[O-])cc4)N4C(=O)[C@H]([C@@H](C)O)[C@H]4[C@H]3C)CN2C(=O)OCc2ccc([N+](=O)[O-])cc2)CCN1C(=O)OCc1ccc([N+](=O)[O-])cc1. The number of aliphatic hydroxyl groups excluding tert-OH is 1. The second-order valence-corrected chi connectivity index (χ2v) is 17.7. The van der Waals surface area contributed by atoms with Crippen LogP contribution in [0.2, 0.25) is 0 Å². The second kappa shape index (κ2) is 19.5. The van der Waals surface area contributed by atoms with E-state index in [2.05, 4.69) is 0 Å². The standard InChI is InChI=1S/C43H45N7O15S/c1-24-19-44(16-17-45(24)42(55)64-22-28-6-12-31(13-7-28)49(59)60)39(52)34-18-33(20-46(34)43(56)65-23-29-8-14-32(15-9-29)50(61)62)66-38-25(2)36-35(26(3)51)40(53)47(36)37(38)41(54)63-21-27-4-10-30(11-5-27)48(57)58/h4-15,24-26,33-36,51H,16-23H2,1-3H3/t24?,25-,26-,33+,34+,35-,36-/m1/s1. The third kappa shape index (κ3) is 9.76. The molecule has 1 unspecified atom stereocenters. The summed E-state index contributed by atoms with van der Waals surface area (Å²) in [6, 6.07) is 14.2. The summed E-state index contributed by atoms with van der Waals surface area (Å²) in [5, 5.41) is 43.3. The molecule has 4 heterocycles. The zero-order chi connectivity index (χ0) is 47.6. The minimum Gasteiger partial charge on any atom is -0.456 e. The molecular formula is C43H45N7O15S. The molecule has 3 aromatic rings. The van der Waals surface area contributed by atoms with Crippen LogP contribution in [0.4, 0.5) is 26.7 Å². The smallest absolute Gasteiger partial charge is 0.410 e.